The molecule has 0 saturated heterocycles. The number of nitrogens with zero attached hydrogens (tertiary/aromatic N) is 1. The Morgan fingerprint density at radius 1 is 1.03 bits per heavy atom. The Labute approximate surface area is 163 Å². The number of aromatic nitrogens is 1. The van der Waals surface area contributed by atoms with Crippen LogP contribution in [-0.4, -0.2) is 31.6 Å². The Bertz CT molecular complexity index is 1020. The minimum atomic E-state index is -4.83. The predicted octanol–water partition coefficient (Wildman–Crippen LogP) is 4.51. The molecule has 3 aromatic rings. The van der Waals surface area contributed by atoms with Crippen LogP contribution in [0.1, 0.15) is 10.5 Å². The second kappa shape index (κ2) is 8.13. The van der Waals surface area contributed by atoms with Crippen LogP contribution in [0.3, 0.4) is 0 Å². The van der Waals surface area contributed by atoms with Gasteiger partial charge in [0.1, 0.15) is 17.2 Å². The van der Waals surface area contributed by atoms with Crippen molar-refractivity contribution < 1.29 is 36.7 Å². The quantitative estimate of drug-likeness (QED) is 0.646. The van der Waals surface area contributed by atoms with E-state index in [4.69, 9.17) is 14.0 Å². The number of hydrogen-bond donors (Lipinski definition) is 1. The van der Waals surface area contributed by atoms with Crippen LogP contribution >= 0.6 is 0 Å². The molecule has 0 radical (unpaired) electrons. The van der Waals surface area contributed by atoms with Gasteiger partial charge in [-0.3, -0.25) is 4.79 Å². The van der Waals surface area contributed by atoms with Gasteiger partial charge in [-0.2, -0.15) is 0 Å². The highest BCUT2D eigenvalue weighted by atomic mass is 19.4. The van der Waals surface area contributed by atoms with Gasteiger partial charge in [-0.25, -0.2) is 0 Å². The molecule has 0 atom stereocenters. The van der Waals surface area contributed by atoms with Crippen molar-refractivity contribution in [1.29, 1.82) is 0 Å². The third-order valence-corrected chi connectivity index (χ3v) is 3.74. The molecular weight excluding hydrogens is 393 g/mol. The molecule has 0 aliphatic carbocycles. The van der Waals surface area contributed by atoms with Crippen molar-refractivity contribution >= 4 is 11.6 Å². The smallest absolute Gasteiger partial charge is 0.497 e. The maximum absolute atomic E-state index is 12.4. The lowest BCUT2D eigenvalue weighted by molar-refractivity contribution is -0.274. The number of ether oxygens (including phenoxy) is 3. The molecular formula is C19H15F3N2O5. The highest BCUT2D eigenvalue weighted by Crippen LogP contribution is 2.34. The molecule has 0 fully saturated rings. The van der Waals surface area contributed by atoms with E-state index in [9.17, 15) is 18.0 Å². The number of carbonyl (C=O) groups excluding carboxylic acids is 1. The molecule has 152 valence electrons. The van der Waals surface area contributed by atoms with Crippen molar-refractivity contribution in [2.24, 2.45) is 0 Å². The average Bonchev–Trinajstić information content (AvgIpc) is 3.16. The van der Waals surface area contributed by atoms with E-state index in [1.54, 1.807) is 18.2 Å². The van der Waals surface area contributed by atoms with Crippen LogP contribution in [0.15, 0.2) is 53.1 Å². The van der Waals surface area contributed by atoms with Gasteiger partial charge in [-0.15, -0.1) is 13.2 Å². The fourth-order valence-electron chi connectivity index (χ4n) is 2.48. The molecule has 1 N–H and O–H groups in total. The second-order valence-corrected chi connectivity index (χ2v) is 5.67. The minimum absolute atomic E-state index is 0.0768. The summed E-state index contributed by atoms with van der Waals surface area (Å²) >= 11 is 0. The number of halogens is 3. The molecule has 0 saturated carbocycles. The first-order valence-electron chi connectivity index (χ1n) is 8.15. The molecule has 0 bridgehead atoms. The number of methoxy groups -OCH3 is 2. The van der Waals surface area contributed by atoms with E-state index in [2.05, 4.69) is 15.2 Å². The van der Waals surface area contributed by atoms with Crippen molar-refractivity contribution in [3.05, 3.63) is 54.2 Å². The molecule has 1 heterocycles. The summed E-state index contributed by atoms with van der Waals surface area (Å²) in [7, 11) is 2.98. The van der Waals surface area contributed by atoms with Gasteiger partial charge in [0.15, 0.2) is 11.5 Å². The largest absolute Gasteiger partial charge is 0.573 e. The number of rotatable bonds is 6. The predicted molar refractivity (Wildman–Crippen MR) is 96.1 cm³/mol. The van der Waals surface area contributed by atoms with Crippen LogP contribution in [-0.2, 0) is 0 Å². The zero-order chi connectivity index (χ0) is 21.0. The van der Waals surface area contributed by atoms with E-state index in [1.807, 2.05) is 0 Å². The molecule has 0 aliphatic rings. The van der Waals surface area contributed by atoms with Gasteiger partial charge < -0.3 is 24.1 Å². The number of anilines is 1. The molecule has 3 rings (SSSR count). The normalized spacial score (nSPS) is 11.1. The van der Waals surface area contributed by atoms with Crippen LogP contribution < -0.4 is 19.5 Å². The second-order valence-electron chi connectivity index (χ2n) is 5.67. The third kappa shape index (κ3) is 4.98. The molecule has 2 aromatic carbocycles. The molecule has 7 nitrogen and oxygen atoms in total. The summed E-state index contributed by atoms with van der Waals surface area (Å²) in [5, 5.41) is 6.14. The van der Waals surface area contributed by atoms with Crippen LogP contribution in [0.5, 0.6) is 17.2 Å². The SMILES string of the molecule is COc1ccc(OC)c(-c2cc(C(=O)Nc3cccc(OC(F)(F)F)c3)no2)c1. The minimum Gasteiger partial charge on any atom is -0.497 e. The summed E-state index contributed by atoms with van der Waals surface area (Å²) in [5.41, 5.74) is 0.534. The van der Waals surface area contributed by atoms with Crippen LogP contribution in [0.25, 0.3) is 11.3 Å². The Kier molecular flexibility index (Phi) is 5.62. The number of benzene rings is 2. The zero-order valence-electron chi connectivity index (χ0n) is 15.2. The van der Waals surface area contributed by atoms with Crippen LogP contribution in [0.2, 0.25) is 0 Å². The Morgan fingerprint density at radius 2 is 1.83 bits per heavy atom. The van der Waals surface area contributed by atoms with Crippen LogP contribution in [0, 0.1) is 0 Å². The Morgan fingerprint density at radius 3 is 2.52 bits per heavy atom. The summed E-state index contributed by atoms with van der Waals surface area (Å²) in [6, 6.07) is 11.3. The van der Waals surface area contributed by atoms with Gasteiger partial charge >= 0.3 is 6.36 Å². The Balaban J connectivity index is 1.79. The van der Waals surface area contributed by atoms with Crippen LogP contribution in [0.4, 0.5) is 18.9 Å². The van der Waals surface area contributed by atoms with E-state index < -0.39 is 18.0 Å². The summed E-state index contributed by atoms with van der Waals surface area (Å²) in [5.74, 6) is 0.138. The molecule has 1 aromatic heterocycles. The molecule has 1 amide bonds. The highest BCUT2D eigenvalue weighted by molar-refractivity contribution is 6.03. The van der Waals surface area contributed by atoms with E-state index in [0.717, 1.165) is 12.1 Å². The highest BCUT2D eigenvalue weighted by Gasteiger charge is 2.31. The lowest BCUT2D eigenvalue weighted by Crippen LogP contribution is -2.17. The fourth-order valence-corrected chi connectivity index (χ4v) is 2.48. The van der Waals surface area contributed by atoms with Crippen molar-refractivity contribution in [3.8, 4) is 28.6 Å². The summed E-state index contributed by atoms with van der Waals surface area (Å²) in [4.78, 5) is 12.4. The first-order chi connectivity index (χ1) is 13.8. The third-order valence-electron chi connectivity index (χ3n) is 3.74. The standard InChI is InChI=1S/C19H15F3N2O5/c1-26-12-6-7-16(27-2)14(9-12)17-10-15(24-29-17)18(25)23-11-4-3-5-13(8-11)28-19(20,21)22/h3-10H,1-2H3,(H,23,25). The van der Waals surface area contributed by atoms with Crippen molar-refractivity contribution in [2.75, 3.05) is 19.5 Å². The van der Waals surface area contributed by atoms with E-state index in [-0.39, 0.29) is 17.1 Å². The lowest BCUT2D eigenvalue weighted by atomic mass is 10.1. The van der Waals surface area contributed by atoms with Gasteiger partial charge in [0.05, 0.1) is 19.8 Å². The Hall–Kier alpha value is -3.69. The van der Waals surface area contributed by atoms with Gasteiger partial charge in [0.2, 0.25) is 0 Å². The van der Waals surface area contributed by atoms with Crippen molar-refractivity contribution in [1.82, 2.24) is 5.16 Å². The molecule has 29 heavy (non-hydrogen) atoms. The van der Waals surface area contributed by atoms with Crippen molar-refractivity contribution in [3.63, 3.8) is 0 Å². The maximum Gasteiger partial charge on any atom is 0.573 e. The number of alkyl halides is 3. The maximum atomic E-state index is 12.4. The summed E-state index contributed by atoms with van der Waals surface area (Å²) in [6.45, 7) is 0. The number of hydrogen-bond acceptors (Lipinski definition) is 6. The van der Waals surface area contributed by atoms with Gasteiger partial charge in [-0.05, 0) is 30.3 Å². The van der Waals surface area contributed by atoms with Gasteiger partial charge in [0.25, 0.3) is 5.91 Å². The fraction of sp³-hybridized carbons (Fsp3) is 0.158. The topological polar surface area (TPSA) is 82.8 Å². The number of amides is 1. The van der Waals surface area contributed by atoms with Gasteiger partial charge in [0, 0.05) is 17.8 Å². The summed E-state index contributed by atoms with van der Waals surface area (Å²) in [6.07, 6.45) is -4.83. The summed E-state index contributed by atoms with van der Waals surface area (Å²) < 4.78 is 56.5. The average molecular weight is 408 g/mol. The number of nitrogens with one attached hydrogen (secondary N) is 1. The van der Waals surface area contributed by atoms with Gasteiger partial charge in [-0.1, -0.05) is 11.2 Å². The van der Waals surface area contributed by atoms with E-state index in [1.165, 1.54) is 32.4 Å². The van der Waals surface area contributed by atoms with Crippen molar-refractivity contribution in [2.45, 2.75) is 6.36 Å². The molecule has 0 aliphatic heterocycles. The van der Waals surface area contributed by atoms with E-state index in [0.29, 0.717) is 17.1 Å². The molecule has 0 unspecified atom stereocenters. The van der Waals surface area contributed by atoms with E-state index >= 15 is 0 Å². The lowest BCUT2D eigenvalue weighted by Gasteiger charge is -2.10. The number of carbonyl (C=O) groups is 1. The molecule has 10 heteroatoms. The monoisotopic (exact) mass is 408 g/mol. The first-order valence-corrected chi connectivity index (χ1v) is 8.15. The zero-order valence-corrected chi connectivity index (χ0v) is 15.2. The first kappa shape index (κ1) is 20.1. The molecule has 0 spiro atoms.